The average Bonchev–Trinajstić information content (AvgIpc) is 2.98. The molecule has 0 saturated carbocycles. The maximum Gasteiger partial charge on any atom is 0.123 e. The van der Waals surface area contributed by atoms with Gasteiger partial charge in [-0.25, -0.2) is 4.39 Å². The topological polar surface area (TPSA) is 28.7 Å². The van der Waals surface area contributed by atoms with Crippen molar-refractivity contribution in [3.05, 3.63) is 52.1 Å². The minimum Gasteiger partial charge on any atom is -0.353 e. The Labute approximate surface area is 125 Å². The maximum absolute atomic E-state index is 13.5. The Hall–Kier alpha value is -2.20. The number of nitrogens with one attached hydrogen (secondary N) is 1. The highest BCUT2D eigenvalue weighted by atomic mass is 32.1. The predicted molar refractivity (Wildman–Crippen MR) is 86.3 cm³/mol. The minimum absolute atomic E-state index is 0.218. The Bertz CT molecular complexity index is 981. The molecule has 1 N–H and O–H groups in total. The highest BCUT2D eigenvalue weighted by molar-refractivity contribution is 7.12. The lowest BCUT2D eigenvalue weighted by Gasteiger charge is -2.01. The van der Waals surface area contributed by atoms with Crippen molar-refractivity contribution in [2.75, 3.05) is 0 Å². The van der Waals surface area contributed by atoms with Crippen LogP contribution in [0.4, 0.5) is 4.39 Å². The van der Waals surface area contributed by atoms with E-state index in [1.807, 2.05) is 6.07 Å². The number of pyridine rings is 1. The van der Waals surface area contributed by atoms with Gasteiger partial charge < -0.3 is 4.98 Å². The second-order valence-electron chi connectivity index (χ2n) is 5.22. The summed E-state index contributed by atoms with van der Waals surface area (Å²) in [4.78, 5) is 10.4. The van der Waals surface area contributed by atoms with Crippen molar-refractivity contribution in [3.8, 4) is 11.3 Å². The van der Waals surface area contributed by atoms with Crippen molar-refractivity contribution >= 4 is 33.1 Å². The Morgan fingerprint density at radius 1 is 1.10 bits per heavy atom. The van der Waals surface area contributed by atoms with Gasteiger partial charge in [-0.2, -0.15) is 0 Å². The molecule has 104 valence electrons. The van der Waals surface area contributed by atoms with Crippen LogP contribution in [-0.2, 0) is 0 Å². The Morgan fingerprint density at radius 2 is 1.95 bits per heavy atom. The number of hydrogen-bond donors (Lipinski definition) is 1. The first kappa shape index (κ1) is 12.5. The van der Waals surface area contributed by atoms with E-state index in [-0.39, 0.29) is 5.82 Å². The third-order valence-corrected chi connectivity index (χ3v) is 4.74. The van der Waals surface area contributed by atoms with E-state index < -0.39 is 0 Å². The highest BCUT2D eigenvalue weighted by Crippen LogP contribution is 2.36. The molecule has 0 spiro atoms. The van der Waals surface area contributed by atoms with Gasteiger partial charge in [0.2, 0.25) is 0 Å². The van der Waals surface area contributed by atoms with Crippen molar-refractivity contribution in [3.63, 3.8) is 0 Å². The lowest BCUT2D eigenvalue weighted by molar-refractivity contribution is 0.630. The predicted octanol–water partition coefficient (Wildman–Crippen LogP) is 5.20. The average molecular weight is 296 g/mol. The lowest BCUT2D eigenvalue weighted by Crippen LogP contribution is -1.84. The highest BCUT2D eigenvalue weighted by Gasteiger charge is 2.14. The van der Waals surface area contributed by atoms with E-state index in [0.29, 0.717) is 0 Å². The molecule has 2 nitrogen and oxygen atoms in total. The Morgan fingerprint density at radius 3 is 2.71 bits per heavy atom. The van der Waals surface area contributed by atoms with Crippen LogP contribution >= 0.6 is 11.3 Å². The molecule has 0 radical (unpaired) electrons. The van der Waals surface area contributed by atoms with Gasteiger partial charge in [-0.05, 0) is 44.2 Å². The smallest absolute Gasteiger partial charge is 0.123 e. The number of H-pyrrole nitrogens is 1. The maximum atomic E-state index is 13.5. The van der Waals surface area contributed by atoms with Gasteiger partial charge >= 0.3 is 0 Å². The van der Waals surface area contributed by atoms with Crippen LogP contribution in [0.3, 0.4) is 0 Å². The van der Waals surface area contributed by atoms with Crippen LogP contribution in [0.1, 0.15) is 9.75 Å². The molecule has 0 atom stereocenters. The monoisotopic (exact) mass is 296 g/mol. The Kier molecular flexibility index (Phi) is 2.62. The molecule has 0 amide bonds. The Balaban J connectivity index is 2.11. The van der Waals surface area contributed by atoms with Crippen LogP contribution < -0.4 is 0 Å². The number of hydrogen-bond acceptors (Lipinski definition) is 2. The number of fused-ring (bicyclic) bond motifs is 3. The summed E-state index contributed by atoms with van der Waals surface area (Å²) in [6.45, 7) is 4.21. The molecule has 3 heterocycles. The summed E-state index contributed by atoms with van der Waals surface area (Å²) in [7, 11) is 0. The molecule has 0 saturated heterocycles. The SMILES string of the molecule is Cc1cc(-c2nccc3c2[nH]c2ccc(F)cc23)c(C)s1. The van der Waals surface area contributed by atoms with Crippen molar-refractivity contribution in [1.82, 2.24) is 9.97 Å². The van der Waals surface area contributed by atoms with Crippen LogP contribution in [-0.4, -0.2) is 9.97 Å². The van der Waals surface area contributed by atoms with Crippen LogP contribution in [0.5, 0.6) is 0 Å². The fraction of sp³-hybridized carbons (Fsp3) is 0.118. The third-order valence-electron chi connectivity index (χ3n) is 3.78. The lowest BCUT2D eigenvalue weighted by atomic mass is 10.1. The number of aromatic amines is 1. The minimum atomic E-state index is -0.218. The third kappa shape index (κ3) is 1.87. The van der Waals surface area contributed by atoms with Gasteiger partial charge in [-0.15, -0.1) is 11.3 Å². The van der Waals surface area contributed by atoms with E-state index in [4.69, 9.17) is 0 Å². The zero-order chi connectivity index (χ0) is 14.6. The quantitative estimate of drug-likeness (QED) is 0.514. The summed E-state index contributed by atoms with van der Waals surface area (Å²) in [5.74, 6) is -0.218. The molecule has 0 bridgehead atoms. The van der Waals surface area contributed by atoms with Crippen molar-refractivity contribution in [2.24, 2.45) is 0 Å². The number of aromatic nitrogens is 2. The molecule has 0 aliphatic heterocycles. The van der Waals surface area contributed by atoms with E-state index in [0.717, 1.165) is 33.1 Å². The zero-order valence-electron chi connectivity index (χ0n) is 11.7. The number of nitrogens with zero attached hydrogens (tertiary/aromatic N) is 1. The number of aryl methyl sites for hydroxylation is 2. The van der Waals surface area contributed by atoms with Crippen LogP contribution in [0.2, 0.25) is 0 Å². The van der Waals surface area contributed by atoms with Gasteiger partial charge in [0.05, 0.1) is 11.2 Å². The fourth-order valence-electron chi connectivity index (χ4n) is 2.87. The molecule has 4 heteroatoms. The van der Waals surface area contributed by atoms with Crippen LogP contribution in [0.25, 0.3) is 33.1 Å². The summed E-state index contributed by atoms with van der Waals surface area (Å²) >= 11 is 1.77. The first-order valence-electron chi connectivity index (χ1n) is 6.77. The molecule has 21 heavy (non-hydrogen) atoms. The van der Waals surface area contributed by atoms with E-state index in [1.54, 1.807) is 29.7 Å². The van der Waals surface area contributed by atoms with Crippen molar-refractivity contribution < 1.29 is 4.39 Å². The summed E-state index contributed by atoms with van der Waals surface area (Å²) in [5.41, 5.74) is 3.99. The summed E-state index contributed by atoms with van der Waals surface area (Å²) in [6, 6.07) is 8.92. The molecular formula is C17H13FN2S. The molecule has 3 aromatic heterocycles. The number of thiophene rings is 1. The molecule has 4 rings (SSSR count). The number of halogens is 1. The van der Waals surface area contributed by atoms with E-state index in [9.17, 15) is 4.39 Å². The molecule has 4 aromatic rings. The standard InChI is InChI=1S/C17H13FN2S/c1-9-7-13(10(2)21-9)16-17-12(5-6-19-16)14-8-11(18)3-4-15(14)20-17/h3-8,20H,1-2H3. The molecule has 0 aliphatic rings. The second kappa shape index (κ2) is 4.40. The van der Waals surface area contributed by atoms with Gasteiger partial charge in [0.1, 0.15) is 5.82 Å². The zero-order valence-corrected chi connectivity index (χ0v) is 12.5. The summed E-state index contributed by atoms with van der Waals surface area (Å²) < 4.78 is 13.5. The van der Waals surface area contributed by atoms with E-state index >= 15 is 0 Å². The van der Waals surface area contributed by atoms with E-state index in [1.165, 1.54) is 15.8 Å². The van der Waals surface area contributed by atoms with Gasteiger partial charge in [-0.1, -0.05) is 0 Å². The first-order chi connectivity index (χ1) is 10.1. The molecule has 0 aliphatic carbocycles. The van der Waals surface area contributed by atoms with Gasteiger partial charge in [0.25, 0.3) is 0 Å². The summed E-state index contributed by atoms with van der Waals surface area (Å²) in [5, 5.41) is 1.91. The number of rotatable bonds is 1. The molecular weight excluding hydrogens is 283 g/mol. The first-order valence-corrected chi connectivity index (χ1v) is 7.58. The fourth-order valence-corrected chi connectivity index (χ4v) is 3.79. The van der Waals surface area contributed by atoms with Crippen LogP contribution in [0.15, 0.2) is 36.5 Å². The van der Waals surface area contributed by atoms with Gasteiger partial charge in [0, 0.05) is 37.8 Å². The largest absolute Gasteiger partial charge is 0.353 e. The van der Waals surface area contributed by atoms with Crippen molar-refractivity contribution in [1.29, 1.82) is 0 Å². The molecule has 0 unspecified atom stereocenters. The summed E-state index contributed by atoms with van der Waals surface area (Å²) in [6.07, 6.45) is 1.79. The van der Waals surface area contributed by atoms with E-state index in [2.05, 4.69) is 29.9 Å². The number of benzene rings is 1. The normalized spacial score (nSPS) is 11.6. The van der Waals surface area contributed by atoms with Crippen LogP contribution in [0, 0.1) is 19.7 Å². The van der Waals surface area contributed by atoms with Crippen molar-refractivity contribution in [2.45, 2.75) is 13.8 Å². The molecule has 0 fully saturated rings. The second-order valence-corrected chi connectivity index (χ2v) is 6.68. The van der Waals surface area contributed by atoms with Gasteiger partial charge in [-0.3, -0.25) is 4.98 Å². The van der Waals surface area contributed by atoms with Gasteiger partial charge in [0.15, 0.2) is 0 Å². The molecule has 1 aromatic carbocycles.